The Hall–Kier alpha value is -2.01. The summed E-state index contributed by atoms with van der Waals surface area (Å²) >= 11 is 3.49. The average molecular weight is 378 g/mol. The minimum Gasteiger partial charge on any atom is -0.490 e. The molecule has 0 aliphatic carbocycles. The highest BCUT2D eigenvalue weighted by Gasteiger charge is 2.12. The molecule has 2 rings (SSSR count). The normalized spacial score (nSPS) is 11.0. The van der Waals surface area contributed by atoms with Gasteiger partial charge < -0.3 is 14.7 Å². The van der Waals surface area contributed by atoms with Crippen molar-refractivity contribution >= 4 is 22.1 Å². The van der Waals surface area contributed by atoms with E-state index in [1.807, 2.05) is 13.0 Å². The van der Waals surface area contributed by atoms with Crippen molar-refractivity contribution in [1.82, 2.24) is 0 Å². The van der Waals surface area contributed by atoms with Gasteiger partial charge in [-0.3, -0.25) is 0 Å². The molecule has 2 aromatic rings. The number of nitrogens with zero attached hydrogens (tertiary/aromatic N) is 1. The second kappa shape index (κ2) is 8.02. The Morgan fingerprint density at radius 2 is 1.78 bits per heavy atom. The van der Waals surface area contributed by atoms with Gasteiger partial charge in [-0.1, -0.05) is 34.5 Å². The molecule has 0 radical (unpaired) electrons. The second-order valence-corrected chi connectivity index (χ2v) is 6.15. The number of hydrogen-bond donors (Lipinski definition) is 1. The lowest BCUT2D eigenvalue weighted by molar-refractivity contribution is 0.267. The van der Waals surface area contributed by atoms with Gasteiger partial charge >= 0.3 is 0 Å². The van der Waals surface area contributed by atoms with E-state index in [0.717, 1.165) is 15.6 Å². The van der Waals surface area contributed by atoms with Crippen molar-refractivity contribution in [3.8, 4) is 11.5 Å². The van der Waals surface area contributed by atoms with E-state index in [1.54, 1.807) is 6.07 Å². The molecule has 23 heavy (non-hydrogen) atoms. The van der Waals surface area contributed by atoms with E-state index in [4.69, 9.17) is 14.7 Å². The van der Waals surface area contributed by atoms with E-state index in [2.05, 4.69) is 53.1 Å². The van der Waals surface area contributed by atoms with Crippen molar-refractivity contribution in [3.63, 3.8) is 0 Å². The summed E-state index contributed by atoms with van der Waals surface area (Å²) in [6, 6.07) is 9.94. The lowest BCUT2D eigenvalue weighted by Gasteiger charge is -2.15. The van der Waals surface area contributed by atoms with Crippen LogP contribution in [0.15, 0.2) is 40.0 Å². The molecule has 0 unspecified atom stereocenters. The molecular formula is C18H20BrNO3. The summed E-state index contributed by atoms with van der Waals surface area (Å²) in [5.74, 6) is 1.25. The molecule has 5 heteroatoms. The van der Waals surface area contributed by atoms with Gasteiger partial charge in [0, 0.05) is 5.56 Å². The van der Waals surface area contributed by atoms with Gasteiger partial charge in [0.2, 0.25) is 0 Å². The molecular weight excluding hydrogens is 358 g/mol. The second-order valence-electron chi connectivity index (χ2n) is 5.29. The third kappa shape index (κ3) is 4.73. The van der Waals surface area contributed by atoms with Gasteiger partial charge in [0.05, 0.1) is 17.3 Å². The number of ether oxygens (including phenoxy) is 2. The molecule has 0 saturated heterocycles. The first kappa shape index (κ1) is 17.3. The van der Waals surface area contributed by atoms with Crippen LogP contribution in [0.4, 0.5) is 0 Å². The Morgan fingerprint density at radius 3 is 2.39 bits per heavy atom. The van der Waals surface area contributed by atoms with E-state index in [-0.39, 0.29) is 0 Å². The zero-order chi connectivity index (χ0) is 16.8. The van der Waals surface area contributed by atoms with E-state index < -0.39 is 0 Å². The molecule has 0 saturated carbocycles. The third-order valence-electron chi connectivity index (χ3n) is 3.20. The van der Waals surface area contributed by atoms with E-state index in [1.165, 1.54) is 17.3 Å². The largest absolute Gasteiger partial charge is 0.490 e. The van der Waals surface area contributed by atoms with Crippen LogP contribution in [0.2, 0.25) is 0 Å². The molecule has 0 atom stereocenters. The van der Waals surface area contributed by atoms with Crippen LogP contribution in [0, 0.1) is 13.8 Å². The molecule has 0 fully saturated rings. The zero-order valence-electron chi connectivity index (χ0n) is 13.5. The fourth-order valence-corrected chi connectivity index (χ4v) is 3.01. The van der Waals surface area contributed by atoms with Gasteiger partial charge in [-0.05, 0) is 54.4 Å². The van der Waals surface area contributed by atoms with Gasteiger partial charge in [0.1, 0.15) is 6.61 Å². The third-order valence-corrected chi connectivity index (χ3v) is 3.79. The van der Waals surface area contributed by atoms with Crippen molar-refractivity contribution in [2.45, 2.75) is 27.4 Å². The fourth-order valence-electron chi connectivity index (χ4n) is 2.44. The summed E-state index contributed by atoms with van der Waals surface area (Å²) in [4.78, 5) is 0. The molecule has 0 amide bonds. The first-order valence-electron chi connectivity index (χ1n) is 7.37. The number of benzene rings is 2. The first-order valence-corrected chi connectivity index (χ1v) is 8.16. The maximum Gasteiger partial charge on any atom is 0.175 e. The molecule has 0 bridgehead atoms. The van der Waals surface area contributed by atoms with Crippen LogP contribution < -0.4 is 9.47 Å². The molecule has 0 heterocycles. The predicted molar refractivity (Wildman–Crippen MR) is 94.9 cm³/mol. The molecule has 2 aromatic carbocycles. The zero-order valence-corrected chi connectivity index (χ0v) is 15.1. The Labute approximate surface area is 144 Å². The highest BCUT2D eigenvalue weighted by Crippen LogP contribution is 2.37. The Balaban J connectivity index is 2.27. The molecule has 0 aliphatic rings. The van der Waals surface area contributed by atoms with Crippen molar-refractivity contribution in [1.29, 1.82) is 0 Å². The number of oxime groups is 1. The standard InChI is InChI=1S/C18H20BrNO3/c1-4-22-17-9-14(10-20-21)8-16(19)18(17)23-11-15-6-12(2)5-13(3)7-15/h5-10,21H,4,11H2,1-3H3/b20-10-. The smallest absolute Gasteiger partial charge is 0.175 e. The van der Waals surface area contributed by atoms with E-state index in [9.17, 15) is 0 Å². The molecule has 0 aliphatic heterocycles. The average Bonchev–Trinajstić information content (AvgIpc) is 2.46. The van der Waals surface area contributed by atoms with Gasteiger partial charge in [0.15, 0.2) is 11.5 Å². The minimum atomic E-state index is 0.453. The quantitative estimate of drug-likeness (QED) is 0.444. The van der Waals surface area contributed by atoms with Crippen molar-refractivity contribution in [2.75, 3.05) is 6.61 Å². The Bertz CT molecular complexity index is 693. The summed E-state index contributed by atoms with van der Waals surface area (Å²) < 4.78 is 12.4. The lowest BCUT2D eigenvalue weighted by atomic mass is 10.1. The van der Waals surface area contributed by atoms with Crippen LogP contribution in [-0.2, 0) is 6.61 Å². The summed E-state index contributed by atoms with van der Waals surface area (Å²) in [6.45, 7) is 7.03. The van der Waals surface area contributed by atoms with Gasteiger partial charge in [-0.25, -0.2) is 0 Å². The predicted octanol–water partition coefficient (Wildman–Crippen LogP) is 4.85. The summed E-state index contributed by atoms with van der Waals surface area (Å²) in [6.07, 6.45) is 1.35. The highest BCUT2D eigenvalue weighted by molar-refractivity contribution is 9.10. The van der Waals surface area contributed by atoms with Crippen molar-refractivity contribution < 1.29 is 14.7 Å². The lowest BCUT2D eigenvalue weighted by Crippen LogP contribution is -2.02. The number of aryl methyl sites for hydroxylation is 2. The van der Waals surface area contributed by atoms with Gasteiger partial charge in [0.25, 0.3) is 0 Å². The molecule has 1 N–H and O–H groups in total. The SMILES string of the molecule is CCOc1cc(/C=N\O)cc(Br)c1OCc1cc(C)cc(C)c1. The number of hydrogen-bond acceptors (Lipinski definition) is 4. The van der Waals surface area contributed by atoms with Crippen LogP contribution >= 0.6 is 15.9 Å². The topological polar surface area (TPSA) is 51.0 Å². The Kier molecular flexibility index (Phi) is 6.04. The summed E-state index contributed by atoms with van der Waals surface area (Å²) in [5.41, 5.74) is 4.25. The summed E-state index contributed by atoms with van der Waals surface area (Å²) in [7, 11) is 0. The fraction of sp³-hybridized carbons (Fsp3) is 0.278. The van der Waals surface area contributed by atoms with Crippen molar-refractivity contribution in [3.05, 3.63) is 57.1 Å². The van der Waals surface area contributed by atoms with Crippen LogP contribution in [0.3, 0.4) is 0 Å². The number of rotatable bonds is 6. The highest BCUT2D eigenvalue weighted by atomic mass is 79.9. The van der Waals surface area contributed by atoms with Crippen LogP contribution in [0.1, 0.15) is 29.2 Å². The van der Waals surface area contributed by atoms with Gasteiger partial charge in [-0.2, -0.15) is 0 Å². The minimum absolute atomic E-state index is 0.453. The van der Waals surface area contributed by atoms with E-state index in [0.29, 0.717) is 24.7 Å². The van der Waals surface area contributed by atoms with Crippen LogP contribution in [-0.4, -0.2) is 18.0 Å². The molecule has 0 spiro atoms. The van der Waals surface area contributed by atoms with Crippen LogP contribution in [0.25, 0.3) is 0 Å². The maximum atomic E-state index is 8.69. The molecule has 4 nitrogen and oxygen atoms in total. The molecule has 122 valence electrons. The monoisotopic (exact) mass is 377 g/mol. The van der Waals surface area contributed by atoms with Crippen molar-refractivity contribution in [2.24, 2.45) is 5.16 Å². The van der Waals surface area contributed by atoms with E-state index >= 15 is 0 Å². The van der Waals surface area contributed by atoms with Crippen LogP contribution in [0.5, 0.6) is 11.5 Å². The maximum absolute atomic E-state index is 8.69. The summed E-state index contributed by atoms with van der Waals surface area (Å²) in [5, 5.41) is 11.7. The number of halogens is 1. The Morgan fingerprint density at radius 1 is 1.09 bits per heavy atom. The first-order chi connectivity index (χ1) is 11.0. The van der Waals surface area contributed by atoms with Gasteiger partial charge in [-0.15, -0.1) is 0 Å². The molecule has 0 aromatic heterocycles.